The van der Waals surface area contributed by atoms with Crippen molar-refractivity contribution in [3.8, 4) is 0 Å². The molecule has 0 spiro atoms. The van der Waals surface area contributed by atoms with Crippen molar-refractivity contribution in [3.63, 3.8) is 0 Å². The molecule has 0 bridgehead atoms. The van der Waals surface area contributed by atoms with Crippen LogP contribution in [0.2, 0.25) is 0 Å². The lowest BCUT2D eigenvalue weighted by atomic mass is 10.1. The van der Waals surface area contributed by atoms with Crippen LogP contribution in [-0.2, 0) is 0 Å². The first-order chi connectivity index (χ1) is 9.80. The average molecular weight is 273 g/mol. The maximum Gasteiger partial charge on any atom is 0.128 e. The van der Waals surface area contributed by atoms with E-state index in [1.165, 1.54) is 11.1 Å². The number of para-hydroxylation sites is 1. The second kappa shape index (κ2) is 7.10. The second-order valence-corrected chi connectivity index (χ2v) is 4.72. The predicted molar refractivity (Wildman–Crippen MR) is 85.5 cm³/mol. The molecular weight excluding hydrogens is 250 g/mol. The van der Waals surface area contributed by atoms with Crippen LogP contribution >= 0.6 is 0 Å². The van der Waals surface area contributed by atoms with E-state index >= 15 is 0 Å². The van der Waals surface area contributed by atoms with Crippen molar-refractivity contribution in [1.29, 1.82) is 0 Å². The van der Waals surface area contributed by atoms with Gasteiger partial charge < -0.3 is 15.3 Å². The number of fused-ring (bicyclic) bond motifs is 1. The molecule has 0 unspecified atom stereocenters. The molecule has 0 aliphatic heterocycles. The van der Waals surface area contributed by atoms with E-state index in [2.05, 4.69) is 47.2 Å². The lowest BCUT2D eigenvalue weighted by molar-refractivity contribution is 0.292. The highest BCUT2D eigenvalue weighted by Crippen LogP contribution is 2.28. The molecule has 0 amide bonds. The lowest BCUT2D eigenvalue weighted by Gasteiger charge is -2.23. The molecule has 0 aliphatic rings. The second-order valence-electron chi connectivity index (χ2n) is 4.72. The highest BCUT2D eigenvalue weighted by molar-refractivity contribution is 5.93. The fraction of sp³-hybridized carbons (Fsp3) is 0.438. The normalized spacial score (nSPS) is 10.8. The zero-order valence-corrected chi connectivity index (χ0v) is 12.3. The summed E-state index contributed by atoms with van der Waals surface area (Å²) < 4.78 is 0. The Balaban J connectivity index is 2.41. The Labute approximate surface area is 120 Å². The molecule has 0 fully saturated rings. The van der Waals surface area contributed by atoms with Crippen molar-refractivity contribution in [1.82, 2.24) is 4.98 Å². The van der Waals surface area contributed by atoms with Crippen LogP contribution in [-0.4, -0.2) is 36.3 Å². The van der Waals surface area contributed by atoms with Crippen LogP contribution in [0.1, 0.15) is 20.3 Å². The first-order valence-electron chi connectivity index (χ1n) is 7.29. The molecule has 0 saturated heterocycles. The van der Waals surface area contributed by atoms with Crippen molar-refractivity contribution in [3.05, 3.63) is 30.3 Å². The first-order valence-corrected chi connectivity index (χ1v) is 7.29. The summed E-state index contributed by atoms with van der Waals surface area (Å²) in [6, 6.07) is 10.3. The van der Waals surface area contributed by atoms with Gasteiger partial charge in [0.25, 0.3) is 0 Å². The lowest BCUT2D eigenvalue weighted by Crippen LogP contribution is -2.22. The zero-order chi connectivity index (χ0) is 14.4. The van der Waals surface area contributed by atoms with Gasteiger partial charge in [-0.15, -0.1) is 0 Å². The molecule has 1 aromatic heterocycles. The van der Waals surface area contributed by atoms with Crippen molar-refractivity contribution >= 4 is 22.4 Å². The van der Waals surface area contributed by atoms with Crippen LogP contribution in [0, 0.1) is 0 Å². The van der Waals surface area contributed by atoms with E-state index in [1.54, 1.807) is 0 Å². The average Bonchev–Trinajstić information content (AvgIpc) is 2.49. The first kappa shape index (κ1) is 14.6. The van der Waals surface area contributed by atoms with Gasteiger partial charge in [-0.25, -0.2) is 4.98 Å². The topological polar surface area (TPSA) is 48.4 Å². The minimum Gasteiger partial charge on any atom is -0.396 e. The van der Waals surface area contributed by atoms with E-state index in [0.717, 1.165) is 37.4 Å². The Morgan fingerprint density at radius 2 is 1.95 bits per heavy atom. The van der Waals surface area contributed by atoms with Crippen LogP contribution in [0.15, 0.2) is 30.3 Å². The maximum absolute atomic E-state index is 8.87. The van der Waals surface area contributed by atoms with Gasteiger partial charge in [-0.1, -0.05) is 18.2 Å². The van der Waals surface area contributed by atoms with Gasteiger partial charge in [0.1, 0.15) is 5.82 Å². The molecule has 2 rings (SSSR count). The molecule has 0 saturated carbocycles. The summed E-state index contributed by atoms with van der Waals surface area (Å²) in [6.07, 6.45) is 0.731. The number of aromatic nitrogens is 1. The minimum absolute atomic E-state index is 0.198. The molecule has 20 heavy (non-hydrogen) atoms. The standard InChI is InChI=1S/C16H23N3O/c1-3-19(4-2)15-12-16(17-10-7-11-20)18-14-9-6-5-8-13(14)15/h5-6,8-9,12,20H,3-4,7,10-11H2,1-2H3,(H,17,18). The molecule has 1 heterocycles. The number of anilines is 2. The molecule has 4 heteroatoms. The van der Waals surface area contributed by atoms with E-state index in [-0.39, 0.29) is 6.61 Å². The van der Waals surface area contributed by atoms with Gasteiger partial charge in [-0.3, -0.25) is 0 Å². The monoisotopic (exact) mass is 273 g/mol. The summed E-state index contributed by atoms with van der Waals surface area (Å²) in [5.74, 6) is 0.874. The summed E-state index contributed by atoms with van der Waals surface area (Å²) in [7, 11) is 0. The third-order valence-corrected chi connectivity index (χ3v) is 3.44. The van der Waals surface area contributed by atoms with Crippen LogP contribution in [0.3, 0.4) is 0 Å². The van der Waals surface area contributed by atoms with E-state index in [0.29, 0.717) is 0 Å². The van der Waals surface area contributed by atoms with Gasteiger partial charge in [-0.05, 0) is 26.3 Å². The molecule has 108 valence electrons. The van der Waals surface area contributed by atoms with Gasteiger partial charge in [0, 0.05) is 43.4 Å². The Hall–Kier alpha value is -1.81. The smallest absolute Gasteiger partial charge is 0.128 e. The predicted octanol–water partition coefficient (Wildman–Crippen LogP) is 2.88. The van der Waals surface area contributed by atoms with Gasteiger partial charge in [0.2, 0.25) is 0 Å². The Kier molecular flexibility index (Phi) is 5.18. The van der Waals surface area contributed by atoms with Crippen LogP contribution in [0.4, 0.5) is 11.5 Å². The molecule has 1 aromatic carbocycles. The Bertz CT molecular complexity index is 552. The largest absolute Gasteiger partial charge is 0.396 e. The molecule has 0 aliphatic carbocycles. The highest BCUT2D eigenvalue weighted by Gasteiger charge is 2.09. The minimum atomic E-state index is 0.198. The fourth-order valence-corrected chi connectivity index (χ4v) is 2.37. The Morgan fingerprint density at radius 3 is 2.65 bits per heavy atom. The highest BCUT2D eigenvalue weighted by atomic mass is 16.3. The van der Waals surface area contributed by atoms with Gasteiger partial charge >= 0.3 is 0 Å². The van der Waals surface area contributed by atoms with Gasteiger partial charge in [0.15, 0.2) is 0 Å². The van der Waals surface area contributed by atoms with Crippen molar-refractivity contribution in [2.45, 2.75) is 20.3 Å². The number of rotatable bonds is 7. The van der Waals surface area contributed by atoms with E-state index < -0.39 is 0 Å². The quantitative estimate of drug-likeness (QED) is 0.762. The fourth-order valence-electron chi connectivity index (χ4n) is 2.37. The summed E-state index contributed by atoms with van der Waals surface area (Å²) in [5.41, 5.74) is 2.22. The van der Waals surface area contributed by atoms with Crippen molar-refractivity contribution in [2.75, 3.05) is 36.5 Å². The number of nitrogens with one attached hydrogen (secondary N) is 1. The number of pyridine rings is 1. The molecule has 4 nitrogen and oxygen atoms in total. The molecule has 0 radical (unpaired) electrons. The summed E-state index contributed by atoms with van der Waals surface area (Å²) in [4.78, 5) is 6.97. The van der Waals surface area contributed by atoms with Gasteiger partial charge in [-0.2, -0.15) is 0 Å². The SMILES string of the molecule is CCN(CC)c1cc(NCCCO)nc2ccccc12. The van der Waals surface area contributed by atoms with E-state index in [9.17, 15) is 0 Å². The van der Waals surface area contributed by atoms with Crippen molar-refractivity contribution < 1.29 is 5.11 Å². The van der Waals surface area contributed by atoms with Crippen molar-refractivity contribution in [2.24, 2.45) is 0 Å². The number of hydrogen-bond acceptors (Lipinski definition) is 4. The summed E-state index contributed by atoms with van der Waals surface area (Å²) >= 11 is 0. The van der Waals surface area contributed by atoms with Crippen LogP contribution < -0.4 is 10.2 Å². The molecule has 2 N–H and O–H groups in total. The third-order valence-electron chi connectivity index (χ3n) is 3.44. The van der Waals surface area contributed by atoms with Crippen LogP contribution in [0.25, 0.3) is 10.9 Å². The number of aliphatic hydroxyl groups excluding tert-OH is 1. The Morgan fingerprint density at radius 1 is 1.20 bits per heavy atom. The molecule has 0 atom stereocenters. The molecular formula is C16H23N3O. The summed E-state index contributed by atoms with van der Waals surface area (Å²) in [6.45, 7) is 7.21. The summed E-state index contributed by atoms with van der Waals surface area (Å²) in [5, 5.41) is 13.3. The molecule has 2 aromatic rings. The van der Waals surface area contributed by atoms with Gasteiger partial charge in [0.05, 0.1) is 5.52 Å². The maximum atomic E-state index is 8.87. The number of hydrogen-bond donors (Lipinski definition) is 2. The zero-order valence-electron chi connectivity index (χ0n) is 12.3. The van der Waals surface area contributed by atoms with Crippen LogP contribution in [0.5, 0.6) is 0 Å². The number of nitrogens with zero attached hydrogens (tertiary/aromatic N) is 2. The van der Waals surface area contributed by atoms with E-state index in [4.69, 9.17) is 5.11 Å². The number of benzene rings is 1. The number of aliphatic hydroxyl groups is 1. The van der Waals surface area contributed by atoms with E-state index in [1.807, 2.05) is 12.1 Å². The third kappa shape index (κ3) is 3.20.